The summed E-state index contributed by atoms with van der Waals surface area (Å²) in [5, 5.41) is 3.37. The van der Waals surface area contributed by atoms with E-state index in [4.69, 9.17) is 14.5 Å². The van der Waals surface area contributed by atoms with Gasteiger partial charge in [0.2, 0.25) is 11.8 Å². The van der Waals surface area contributed by atoms with Crippen molar-refractivity contribution in [3.05, 3.63) is 77.8 Å². The molecule has 0 radical (unpaired) electrons. The van der Waals surface area contributed by atoms with Gasteiger partial charge in [0.1, 0.15) is 17.9 Å². The van der Waals surface area contributed by atoms with E-state index in [9.17, 15) is 4.79 Å². The molecule has 1 aromatic carbocycles. The lowest BCUT2D eigenvalue weighted by atomic mass is 10.0. The van der Waals surface area contributed by atoms with Crippen molar-refractivity contribution in [1.29, 1.82) is 0 Å². The van der Waals surface area contributed by atoms with E-state index in [1.807, 2.05) is 63.0 Å². The highest BCUT2D eigenvalue weighted by Gasteiger charge is 2.32. The maximum atomic E-state index is 13.0. The largest absolute Gasteiger partial charge is 0.474 e. The molecule has 6 rings (SSSR count). The van der Waals surface area contributed by atoms with Crippen molar-refractivity contribution in [3.63, 3.8) is 0 Å². The van der Waals surface area contributed by atoms with Crippen LogP contribution in [0.25, 0.3) is 0 Å². The predicted octanol–water partition coefficient (Wildman–Crippen LogP) is 4.87. The fraction of sp³-hybridized carbons (Fsp3) is 0.367. The van der Waals surface area contributed by atoms with Gasteiger partial charge in [-0.1, -0.05) is 12.1 Å². The minimum absolute atomic E-state index is 0.369. The van der Waals surface area contributed by atoms with E-state index < -0.39 is 11.7 Å². The number of carbonyl (C=O) groups excluding carboxylic acids is 1. The number of rotatable bonds is 5. The highest BCUT2D eigenvalue weighted by atomic mass is 16.6. The molecule has 4 aromatic rings. The van der Waals surface area contributed by atoms with E-state index in [0.717, 1.165) is 53.3 Å². The van der Waals surface area contributed by atoms with Gasteiger partial charge in [0.15, 0.2) is 0 Å². The van der Waals surface area contributed by atoms with Gasteiger partial charge in [-0.25, -0.2) is 24.7 Å². The van der Waals surface area contributed by atoms with E-state index in [0.29, 0.717) is 37.2 Å². The number of nitrogens with one attached hydrogen (secondary N) is 1. The maximum absolute atomic E-state index is 13.0. The summed E-state index contributed by atoms with van der Waals surface area (Å²) in [7, 11) is 0. The second-order valence-corrected chi connectivity index (χ2v) is 11.3. The van der Waals surface area contributed by atoms with Crippen LogP contribution >= 0.6 is 0 Å². The van der Waals surface area contributed by atoms with E-state index in [-0.39, 0.29) is 0 Å². The summed E-state index contributed by atoms with van der Waals surface area (Å²) in [6.45, 7) is 10.5. The Balaban J connectivity index is 1.22. The summed E-state index contributed by atoms with van der Waals surface area (Å²) in [6, 6.07) is 8.20. The molecule has 0 fully saturated rings. The number of nitrogens with zero attached hydrogens (tertiary/aromatic N) is 7. The predicted molar refractivity (Wildman–Crippen MR) is 156 cm³/mol. The van der Waals surface area contributed by atoms with Crippen LogP contribution in [0.2, 0.25) is 0 Å². The maximum Gasteiger partial charge on any atom is 0.415 e. The van der Waals surface area contributed by atoms with Crippen molar-refractivity contribution in [2.45, 2.75) is 52.8 Å². The normalized spacial score (nSPS) is 14.6. The van der Waals surface area contributed by atoms with E-state index >= 15 is 0 Å². The standard InChI is InChI=1S/C30H34N8O3/c1-20-25(16-32-27-26(20)38(12-13-40-27)29(39)41-30(2,3)4)37-10-8-22-15-33-28(35-24(22)18-37)34-23-7-5-6-21(14-23)17-36-11-9-31-19-36/h5-7,9,11,14-16,19H,8,10,12-13,17-18H2,1-4H3,(H,33,34,35). The first-order chi connectivity index (χ1) is 19.7. The number of aromatic nitrogens is 5. The van der Waals surface area contributed by atoms with Crippen LogP contribution in [0.3, 0.4) is 0 Å². The van der Waals surface area contributed by atoms with Gasteiger partial charge in [-0.3, -0.25) is 4.90 Å². The number of pyridine rings is 1. The summed E-state index contributed by atoms with van der Waals surface area (Å²) in [5.41, 5.74) is 6.08. The second-order valence-electron chi connectivity index (χ2n) is 11.3. The molecule has 11 nitrogen and oxygen atoms in total. The topological polar surface area (TPSA) is 111 Å². The van der Waals surface area contributed by atoms with Gasteiger partial charge in [-0.15, -0.1) is 0 Å². The van der Waals surface area contributed by atoms with Crippen LogP contribution < -0.4 is 19.9 Å². The summed E-state index contributed by atoms with van der Waals surface area (Å²) >= 11 is 0. The molecule has 2 aliphatic rings. The molecular weight excluding hydrogens is 520 g/mol. The zero-order chi connectivity index (χ0) is 28.6. The van der Waals surface area contributed by atoms with Crippen LogP contribution in [0, 0.1) is 6.92 Å². The van der Waals surface area contributed by atoms with E-state index in [2.05, 4.69) is 37.3 Å². The number of fused-ring (bicyclic) bond motifs is 2. The molecule has 212 valence electrons. The second kappa shape index (κ2) is 10.7. The molecule has 2 aliphatic heterocycles. The molecule has 1 amide bonds. The van der Waals surface area contributed by atoms with Gasteiger partial charge in [-0.2, -0.15) is 0 Å². The molecule has 11 heteroatoms. The molecule has 3 aromatic heterocycles. The highest BCUT2D eigenvalue weighted by Crippen LogP contribution is 2.39. The van der Waals surface area contributed by atoms with Crippen LogP contribution in [-0.2, 0) is 24.2 Å². The Morgan fingerprint density at radius 2 is 2.05 bits per heavy atom. The average Bonchev–Trinajstić information content (AvgIpc) is 3.45. The summed E-state index contributed by atoms with van der Waals surface area (Å²) in [5.74, 6) is 1.00. The lowest BCUT2D eigenvalue weighted by molar-refractivity contribution is 0.0566. The first-order valence-electron chi connectivity index (χ1n) is 13.8. The summed E-state index contributed by atoms with van der Waals surface area (Å²) < 4.78 is 13.5. The molecule has 41 heavy (non-hydrogen) atoms. The first kappa shape index (κ1) is 26.5. The lowest BCUT2D eigenvalue weighted by Gasteiger charge is -2.35. The Bertz CT molecular complexity index is 1560. The Kier molecular flexibility index (Phi) is 6.94. The minimum Gasteiger partial charge on any atom is -0.474 e. The Labute approximate surface area is 239 Å². The third kappa shape index (κ3) is 5.79. The van der Waals surface area contributed by atoms with Crippen LogP contribution in [-0.4, -0.2) is 55.9 Å². The number of benzene rings is 1. The molecule has 1 N–H and O–H groups in total. The fourth-order valence-electron chi connectivity index (χ4n) is 5.18. The minimum atomic E-state index is -0.599. The number of anilines is 4. The molecule has 0 unspecified atom stereocenters. The van der Waals surface area contributed by atoms with Crippen LogP contribution in [0.4, 0.5) is 27.8 Å². The van der Waals surface area contributed by atoms with Crippen molar-refractivity contribution < 1.29 is 14.3 Å². The van der Waals surface area contributed by atoms with Gasteiger partial charge in [0, 0.05) is 42.9 Å². The number of imidazole rings is 1. The number of carbonyl (C=O) groups is 1. The van der Waals surface area contributed by atoms with Gasteiger partial charge in [-0.05, 0) is 57.4 Å². The summed E-state index contributed by atoms with van der Waals surface area (Å²) in [4.78, 5) is 35.1. The Morgan fingerprint density at radius 1 is 1.17 bits per heavy atom. The summed E-state index contributed by atoms with van der Waals surface area (Å²) in [6.07, 6.45) is 9.67. The molecule has 0 atom stereocenters. The molecule has 0 saturated heterocycles. The molecule has 0 bridgehead atoms. The lowest BCUT2D eigenvalue weighted by Crippen LogP contribution is -2.42. The zero-order valence-electron chi connectivity index (χ0n) is 23.8. The van der Waals surface area contributed by atoms with Crippen molar-refractivity contribution >= 4 is 29.1 Å². The monoisotopic (exact) mass is 554 g/mol. The fourth-order valence-corrected chi connectivity index (χ4v) is 5.18. The van der Waals surface area contributed by atoms with E-state index in [1.165, 1.54) is 0 Å². The Morgan fingerprint density at radius 3 is 2.85 bits per heavy atom. The third-order valence-corrected chi connectivity index (χ3v) is 7.08. The van der Waals surface area contributed by atoms with Crippen molar-refractivity contribution in [2.24, 2.45) is 0 Å². The van der Waals surface area contributed by atoms with Gasteiger partial charge >= 0.3 is 6.09 Å². The van der Waals surface area contributed by atoms with Gasteiger partial charge in [0.05, 0.1) is 37.0 Å². The molecular formula is C30H34N8O3. The number of ether oxygens (including phenoxy) is 2. The number of hydrogen-bond acceptors (Lipinski definition) is 9. The molecule has 0 saturated carbocycles. The van der Waals surface area contributed by atoms with Crippen LogP contribution in [0.5, 0.6) is 5.88 Å². The molecule has 0 aliphatic carbocycles. The average molecular weight is 555 g/mol. The zero-order valence-corrected chi connectivity index (χ0v) is 23.8. The van der Waals surface area contributed by atoms with Gasteiger partial charge < -0.3 is 24.3 Å². The SMILES string of the molecule is Cc1c(N2CCc3cnc(Nc4cccc(Cn5ccnc5)c4)nc3C2)cnc2c1N(C(=O)OC(C)(C)C)CCO2. The van der Waals surface area contributed by atoms with Crippen molar-refractivity contribution in [3.8, 4) is 5.88 Å². The smallest absolute Gasteiger partial charge is 0.415 e. The van der Waals surface area contributed by atoms with Crippen molar-refractivity contribution in [2.75, 3.05) is 34.8 Å². The Hall–Kier alpha value is -4.67. The number of amides is 1. The number of hydrogen-bond donors (Lipinski definition) is 1. The first-order valence-corrected chi connectivity index (χ1v) is 13.8. The van der Waals surface area contributed by atoms with Crippen LogP contribution in [0.1, 0.15) is 43.2 Å². The third-order valence-electron chi connectivity index (χ3n) is 7.08. The molecule has 5 heterocycles. The van der Waals surface area contributed by atoms with Crippen LogP contribution in [0.15, 0.2) is 55.4 Å². The van der Waals surface area contributed by atoms with Gasteiger partial charge in [0.25, 0.3) is 0 Å². The molecule has 0 spiro atoms. The quantitative estimate of drug-likeness (QED) is 0.370. The van der Waals surface area contributed by atoms with E-state index in [1.54, 1.807) is 17.4 Å². The van der Waals surface area contributed by atoms with Crippen molar-refractivity contribution in [1.82, 2.24) is 24.5 Å². The highest BCUT2D eigenvalue weighted by molar-refractivity contribution is 5.92.